The van der Waals surface area contributed by atoms with Crippen LogP contribution in [0.1, 0.15) is 42.4 Å². The summed E-state index contributed by atoms with van der Waals surface area (Å²) in [5.74, 6) is -2.46. The van der Waals surface area contributed by atoms with E-state index in [0.29, 0.717) is 11.1 Å². The number of rotatable bonds is 6. The molecule has 0 bridgehead atoms. The van der Waals surface area contributed by atoms with Crippen LogP contribution in [0.2, 0.25) is 0 Å². The van der Waals surface area contributed by atoms with Crippen molar-refractivity contribution in [1.82, 2.24) is 20.4 Å². The van der Waals surface area contributed by atoms with Crippen LogP contribution in [-0.4, -0.2) is 40.4 Å². The second-order valence-electron chi connectivity index (χ2n) is 9.06. The van der Waals surface area contributed by atoms with E-state index in [2.05, 4.69) is 10.4 Å². The van der Waals surface area contributed by atoms with Gasteiger partial charge in [-0.05, 0) is 29.2 Å². The number of para-hydroxylation sites is 1. The largest absolute Gasteiger partial charge is 0.405 e. The lowest BCUT2D eigenvalue weighted by Gasteiger charge is -2.30. The number of alkyl halides is 3. The Kier molecular flexibility index (Phi) is 7.14. The number of nitriles is 1. The number of carbonyl (C=O) groups is 2. The maximum Gasteiger partial charge on any atom is 0.405 e. The number of fused-ring (bicyclic) bond motifs is 1. The second kappa shape index (κ2) is 9.74. The van der Waals surface area contributed by atoms with Gasteiger partial charge in [0.25, 0.3) is 5.91 Å². The van der Waals surface area contributed by atoms with E-state index in [4.69, 9.17) is 5.26 Å². The molecule has 2 N–H and O–H groups in total. The average molecular weight is 489 g/mol. The molecule has 1 aromatic heterocycles. The standard InChI is InChI=1S/C24H23F4N5O2/c1-23(2,3)20(22(35)30-13-24(26,27)28)31-21(34)18-16-5-4-6-17(25)19(16)33(32-18)12-15-9-7-14(11-29)8-10-15/h4-10,20H,12-13H2,1-3H3,(H,30,35)(H,31,34)/t20-/m1/s1. The smallest absolute Gasteiger partial charge is 0.345 e. The van der Waals surface area contributed by atoms with Crippen LogP contribution in [0.25, 0.3) is 10.9 Å². The molecule has 0 unspecified atom stereocenters. The molecule has 0 fully saturated rings. The highest BCUT2D eigenvalue weighted by atomic mass is 19.4. The first-order valence-electron chi connectivity index (χ1n) is 10.6. The molecule has 7 nitrogen and oxygen atoms in total. The van der Waals surface area contributed by atoms with E-state index in [0.717, 1.165) is 0 Å². The topological polar surface area (TPSA) is 99.8 Å². The Morgan fingerprint density at radius 3 is 2.34 bits per heavy atom. The van der Waals surface area contributed by atoms with Gasteiger partial charge in [-0.3, -0.25) is 14.3 Å². The lowest BCUT2D eigenvalue weighted by Crippen LogP contribution is -2.54. The Balaban J connectivity index is 1.94. The zero-order valence-electron chi connectivity index (χ0n) is 19.2. The number of amides is 2. The highest BCUT2D eigenvalue weighted by Gasteiger charge is 2.36. The summed E-state index contributed by atoms with van der Waals surface area (Å²) in [7, 11) is 0. The molecule has 1 heterocycles. The van der Waals surface area contributed by atoms with Gasteiger partial charge in [-0.2, -0.15) is 23.5 Å². The number of nitrogens with one attached hydrogen (secondary N) is 2. The Hall–Kier alpha value is -3.94. The molecule has 0 saturated heterocycles. The summed E-state index contributed by atoms with van der Waals surface area (Å²) in [4.78, 5) is 25.6. The molecule has 184 valence electrons. The van der Waals surface area contributed by atoms with Gasteiger partial charge in [0.05, 0.1) is 18.2 Å². The van der Waals surface area contributed by atoms with Gasteiger partial charge >= 0.3 is 6.18 Å². The van der Waals surface area contributed by atoms with Crippen LogP contribution in [0.3, 0.4) is 0 Å². The Bertz CT molecular complexity index is 1280. The van der Waals surface area contributed by atoms with Gasteiger partial charge in [-0.25, -0.2) is 4.39 Å². The van der Waals surface area contributed by atoms with Crippen molar-refractivity contribution in [3.63, 3.8) is 0 Å². The number of carbonyl (C=O) groups excluding carboxylic acids is 2. The van der Waals surface area contributed by atoms with Crippen molar-refractivity contribution in [3.8, 4) is 6.07 Å². The van der Waals surface area contributed by atoms with Crippen molar-refractivity contribution < 1.29 is 27.2 Å². The van der Waals surface area contributed by atoms with Crippen LogP contribution in [0.4, 0.5) is 17.6 Å². The van der Waals surface area contributed by atoms with E-state index in [-0.39, 0.29) is 23.1 Å². The summed E-state index contributed by atoms with van der Waals surface area (Å²) in [5.41, 5.74) is 0.0872. The summed E-state index contributed by atoms with van der Waals surface area (Å²) in [5, 5.41) is 17.6. The molecule has 2 amide bonds. The summed E-state index contributed by atoms with van der Waals surface area (Å²) >= 11 is 0. The van der Waals surface area contributed by atoms with Crippen molar-refractivity contribution in [2.45, 2.75) is 39.5 Å². The van der Waals surface area contributed by atoms with E-state index >= 15 is 0 Å². The highest BCUT2D eigenvalue weighted by Crippen LogP contribution is 2.25. The van der Waals surface area contributed by atoms with E-state index in [1.165, 1.54) is 22.9 Å². The maximum atomic E-state index is 14.7. The number of nitrogens with zero attached hydrogens (tertiary/aromatic N) is 3. The van der Waals surface area contributed by atoms with Gasteiger partial charge in [-0.1, -0.05) is 45.0 Å². The molecule has 0 saturated carbocycles. The van der Waals surface area contributed by atoms with Crippen molar-refractivity contribution in [2.75, 3.05) is 6.54 Å². The van der Waals surface area contributed by atoms with Gasteiger partial charge in [0.2, 0.25) is 5.91 Å². The van der Waals surface area contributed by atoms with E-state index in [1.807, 2.05) is 6.07 Å². The Labute approximate surface area is 198 Å². The summed E-state index contributed by atoms with van der Waals surface area (Å²) < 4.78 is 53.7. The number of hydrogen-bond donors (Lipinski definition) is 2. The minimum atomic E-state index is -4.61. The highest BCUT2D eigenvalue weighted by molar-refractivity contribution is 6.06. The van der Waals surface area contributed by atoms with Crippen LogP contribution in [-0.2, 0) is 11.3 Å². The lowest BCUT2D eigenvalue weighted by atomic mass is 9.86. The molecule has 0 aliphatic rings. The number of halogens is 4. The SMILES string of the molecule is CC(C)(C)[C@H](NC(=O)c1nn(Cc2ccc(C#N)cc2)c2c(F)cccc12)C(=O)NCC(F)(F)F. The number of aromatic nitrogens is 2. The predicted octanol–water partition coefficient (Wildman–Crippen LogP) is 3.92. The molecule has 0 aliphatic carbocycles. The van der Waals surface area contributed by atoms with E-state index in [9.17, 15) is 27.2 Å². The van der Waals surface area contributed by atoms with Gasteiger partial charge in [0, 0.05) is 5.39 Å². The summed E-state index contributed by atoms with van der Waals surface area (Å²) in [6.07, 6.45) is -4.61. The van der Waals surface area contributed by atoms with Crippen LogP contribution in [0.15, 0.2) is 42.5 Å². The third-order valence-corrected chi connectivity index (χ3v) is 5.22. The fraction of sp³-hybridized carbons (Fsp3) is 0.333. The quantitative estimate of drug-likeness (QED) is 0.513. The van der Waals surface area contributed by atoms with Crippen molar-refractivity contribution in [3.05, 3.63) is 65.1 Å². The average Bonchev–Trinajstić information content (AvgIpc) is 3.14. The molecule has 0 radical (unpaired) electrons. The second-order valence-corrected chi connectivity index (χ2v) is 9.06. The van der Waals surface area contributed by atoms with Gasteiger partial charge in [0.1, 0.15) is 23.9 Å². The zero-order chi connectivity index (χ0) is 26.0. The van der Waals surface area contributed by atoms with E-state index in [1.54, 1.807) is 50.4 Å². The normalized spacial score (nSPS) is 12.7. The van der Waals surface area contributed by atoms with Crippen molar-refractivity contribution in [1.29, 1.82) is 5.26 Å². The molecule has 1 atom stereocenters. The minimum absolute atomic E-state index is 0.0517. The minimum Gasteiger partial charge on any atom is -0.345 e. The third-order valence-electron chi connectivity index (χ3n) is 5.22. The number of hydrogen-bond acceptors (Lipinski definition) is 4. The molecule has 35 heavy (non-hydrogen) atoms. The lowest BCUT2D eigenvalue weighted by molar-refractivity contribution is -0.140. The third kappa shape index (κ3) is 6.15. The van der Waals surface area contributed by atoms with Gasteiger partial charge in [0.15, 0.2) is 5.69 Å². The molecule has 11 heteroatoms. The summed E-state index contributed by atoms with van der Waals surface area (Å²) in [6, 6.07) is 11.3. The molecular weight excluding hydrogens is 466 g/mol. The van der Waals surface area contributed by atoms with Gasteiger partial charge in [-0.15, -0.1) is 0 Å². The molecule has 3 rings (SSSR count). The van der Waals surface area contributed by atoms with Crippen molar-refractivity contribution in [2.24, 2.45) is 5.41 Å². The molecular formula is C24H23F4N5O2. The fourth-order valence-electron chi connectivity index (χ4n) is 3.50. The predicted molar refractivity (Wildman–Crippen MR) is 120 cm³/mol. The molecule has 3 aromatic rings. The van der Waals surface area contributed by atoms with Crippen LogP contribution in [0, 0.1) is 22.6 Å². The van der Waals surface area contributed by atoms with Crippen molar-refractivity contribution >= 4 is 22.7 Å². The Morgan fingerprint density at radius 1 is 1.11 bits per heavy atom. The van der Waals surface area contributed by atoms with E-state index < -0.39 is 41.8 Å². The first kappa shape index (κ1) is 25.7. The van der Waals surface area contributed by atoms with Crippen LogP contribution in [0.5, 0.6) is 0 Å². The molecule has 0 aliphatic heterocycles. The number of benzene rings is 2. The van der Waals surface area contributed by atoms with Crippen LogP contribution >= 0.6 is 0 Å². The fourth-order valence-corrected chi connectivity index (χ4v) is 3.50. The first-order chi connectivity index (χ1) is 16.3. The molecule has 0 spiro atoms. The first-order valence-corrected chi connectivity index (χ1v) is 10.6. The Morgan fingerprint density at radius 2 is 1.77 bits per heavy atom. The summed E-state index contributed by atoms with van der Waals surface area (Å²) in [6.45, 7) is 3.32. The van der Waals surface area contributed by atoms with Crippen LogP contribution < -0.4 is 10.6 Å². The molecule has 2 aromatic carbocycles. The maximum absolute atomic E-state index is 14.7. The monoisotopic (exact) mass is 489 g/mol. The zero-order valence-corrected chi connectivity index (χ0v) is 19.2. The van der Waals surface area contributed by atoms with Gasteiger partial charge < -0.3 is 10.6 Å².